The molecular weight excluding hydrogens is 258 g/mol. The van der Waals surface area contributed by atoms with Gasteiger partial charge in [-0.25, -0.2) is 0 Å². The van der Waals surface area contributed by atoms with Gasteiger partial charge in [-0.05, 0) is 41.5 Å². The Morgan fingerprint density at radius 1 is 0.857 bits per heavy atom. The molecule has 1 aliphatic carbocycles. The minimum Gasteiger partial charge on any atom is -0.387 e. The minimum absolute atomic E-state index is 0.258. The Morgan fingerprint density at radius 2 is 1.57 bits per heavy atom. The highest BCUT2D eigenvalue weighted by atomic mass is 16.3. The second-order valence-electron chi connectivity index (χ2n) is 6.24. The number of benzene rings is 2. The number of hydrogen-bond donors (Lipinski definition) is 1. The van der Waals surface area contributed by atoms with Gasteiger partial charge in [-0.3, -0.25) is 4.90 Å². The van der Waals surface area contributed by atoms with Crippen molar-refractivity contribution in [2.75, 3.05) is 6.54 Å². The summed E-state index contributed by atoms with van der Waals surface area (Å²) in [5, 5.41) is 10.8. The van der Waals surface area contributed by atoms with E-state index in [4.69, 9.17) is 0 Å². The van der Waals surface area contributed by atoms with Crippen LogP contribution >= 0.6 is 0 Å². The van der Waals surface area contributed by atoms with Gasteiger partial charge in [0.05, 0.1) is 6.10 Å². The Hall–Kier alpha value is -1.64. The first kappa shape index (κ1) is 13.1. The summed E-state index contributed by atoms with van der Waals surface area (Å²) in [5.41, 5.74) is 5.35. The highest BCUT2D eigenvalue weighted by Crippen LogP contribution is 2.35. The van der Waals surface area contributed by atoms with E-state index >= 15 is 0 Å². The smallest absolute Gasteiger partial charge is 0.0948 e. The molecule has 2 nitrogen and oxygen atoms in total. The van der Waals surface area contributed by atoms with Gasteiger partial charge >= 0.3 is 0 Å². The van der Waals surface area contributed by atoms with Gasteiger partial charge in [-0.2, -0.15) is 0 Å². The Balaban J connectivity index is 1.59. The summed E-state index contributed by atoms with van der Waals surface area (Å²) in [4.78, 5) is 2.48. The molecule has 1 aliphatic heterocycles. The van der Waals surface area contributed by atoms with Gasteiger partial charge in [0.1, 0.15) is 0 Å². The van der Waals surface area contributed by atoms with Gasteiger partial charge in [-0.1, -0.05) is 48.5 Å². The van der Waals surface area contributed by atoms with Gasteiger partial charge in [0.15, 0.2) is 0 Å². The van der Waals surface area contributed by atoms with E-state index in [1.807, 2.05) is 6.07 Å². The van der Waals surface area contributed by atoms with Crippen molar-refractivity contribution in [1.82, 2.24) is 4.90 Å². The molecule has 0 saturated heterocycles. The van der Waals surface area contributed by atoms with Crippen LogP contribution in [0.15, 0.2) is 48.5 Å². The summed E-state index contributed by atoms with van der Waals surface area (Å²) < 4.78 is 0. The van der Waals surface area contributed by atoms with Crippen molar-refractivity contribution >= 4 is 0 Å². The number of nitrogens with zero attached hydrogens (tertiary/aromatic N) is 1. The van der Waals surface area contributed by atoms with E-state index < -0.39 is 0 Å². The number of aryl methyl sites for hydroxylation is 1. The van der Waals surface area contributed by atoms with Crippen molar-refractivity contribution in [2.24, 2.45) is 0 Å². The molecule has 2 aliphatic rings. The Labute approximate surface area is 126 Å². The molecular formula is C19H21NO. The van der Waals surface area contributed by atoms with Crippen molar-refractivity contribution in [1.29, 1.82) is 0 Å². The average Bonchev–Trinajstić information content (AvgIpc) is 2.55. The Kier molecular flexibility index (Phi) is 3.28. The largest absolute Gasteiger partial charge is 0.387 e. The average molecular weight is 279 g/mol. The van der Waals surface area contributed by atoms with Crippen LogP contribution in [0.1, 0.15) is 34.8 Å². The molecule has 2 unspecified atom stereocenters. The van der Waals surface area contributed by atoms with Gasteiger partial charge in [-0.15, -0.1) is 0 Å². The van der Waals surface area contributed by atoms with E-state index in [0.717, 1.165) is 37.9 Å². The van der Waals surface area contributed by atoms with Crippen LogP contribution in [0.3, 0.4) is 0 Å². The van der Waals surface area contributed by atoms with Gasteiger partial charge in [0.2, 0.25) is 0 Å². The first-order valence-corrected chi connectivity index (χ1v) is 7.89. The van der Waals surface area contributed by atoms with Crippen LogP contribution in [-0.2, 0) is 19.4 Å². The first-order valence-electron chi connectivity index (χ1n) is 7.89. The van der Waals surface area contributed by atoms with Crippen LogP contribution in [0, 0.1) is 0 Å². The third-order valence-electron chi connectivity index (χ3n) is 5.08. The fourth-order valence-corrected chi connectivity index (χ4v) is 3.90. The molecule has 2 aromatic rings. The number of fused-ring (bicyclic) bond motifs is 2. The maximum absolute atomic E-state index is 10.8. The highest BCUT2D eigenvalue weighted by Gasteiger charge is 2.33. The maximum Gasteiger partial charge on any atom is 0.0948 e. The zero-order chi connectivity index (χ0) is 14.2. The summed E-state index contributed by atoms with van der Waals surface area (Å²) in [6, 6.07) is 17.3. The van der Waals surface area contributed by atoms with Crippen LogP contribution in [0.25, 0.3) is 0 Å². The summed E-state index contributed by atoms with van der Waals surface area (Å²) >= 11 is 0. The number of aliphatic hydroxyl groups is 1. The van der Waals surface area contributed by atoms with Gasteiger partial charge in [0.25, 0.3) is 0 Å². The molecule has 0 aromatic heterocycles. The third-order valence-corrected chi connectivity index (χ3v) is 5.08. The molecule has 2 atom stereocenters. The van der Waals surface area contributed by atoms with Crippen LogP contribution < -0.4 is 0 Å². The normalized spacial score (nSPS) is 25.2. The lowest BCUT2D eigenvalue weighted by Crippen LogP contribution is -2.44. The number of rotatable bonds is 1. The molecule has 0 fully saturated rings. The molecule has 2 heteroatoms. The van der Waals surface area contributed by atoms with E-state index in [-0.39, 0.29) is 12.1 Å². The minimum atomic E-state index is -0.347. The van der Waals surface area contributed by atoms with E-state index in [1.165, 1.54) is 16.7 Å². The zero-order valence-corrected chi connectivity index (χ0v) is 12.2. The SMILES string of the molecule is OC1c2ccccc2CCC1N1CCc2ccccc2C1. The fraction of sp³-hybridized carbons (Fsp3) is 0.368. The predicted molar refractivity (Wildman–Crippen MR) is 84.1 cm³/mol. The van der Waals surface area contributed by atoms with Crippen LogP contribution in [0.2, 0.25) is 0 Å². The molecule has 0 spiro atoms. The van der Waals surface area contributed by atoms with Crippen molar-refractivity contribution in [3.63, 3.8) is 0 Å². The molecule has 1 heterocycles. The lowest BCUT2D eigenvalue weighted by atomic mass is 9.84. The van der Waals surface area contributed by atoms with E-state index in [0.29, 0.717) is 0 Å². The topological polar surface area (TPSA) is 23.5 Å². The number of hydrogen-bond acceptors (Lipinski definition) is 2. The lowest BCUT2D eigenvalue weighted by Gasteiger charge is -2.41. The first-order chi connectivity index (χ1) is 10.3. The summed E-state index contributed by atoms with van der Waals surface area (Å²) in [5.74, 6) is 0. The Bertz CT molecular complexity index is 652. The molecule has 0 radical (unpaired) electrons. The van der Waals surface area contributed by atoms with Crippen LogP contribution in [0.5, 0.6) is 0 Å². The van der Waals surface area contributed by atoms with Crippen molar-refractivity contribution in [3.05, 3.63) is 70.8 Å². The van der Waals surface area contributed by atoms with Gasteiger partial charge in [0, 0.05) is 19.1 Å². The fourth-order valence-electron chi connectivity index (χ4n) is 3.90. The maximum atomic E-state index is 10.8. The van der Waals surface area contributed by atoms with Crippen molar-refractivity contribution in [3.8, 4) is 0 Å². The predicted octanol–water partition coefficient (Wildman–Crippen LogP) is 3.09. The molecule has 21 heavy (non-hydrogen) atoms. The molecule has 0 saturated carbocycles. The van der Waals surface area contributed by atoms with Crippen LogP contribution in [-0.4, -0.2) is 22.6 Å². The second kappa shape index (κ2) is 5.28. The van der Waals surface area contributed by atoms with E-state index in [1.54, 1.807) is 0 Å². The second-order valence-corrected chi connectivity index (χ2v) is 6.24. The molecule has 0 bridgehead atoms. The molecule has 4 rings (SSSR count). The van der Waals surface area contributed by atoms with Crippen molar-refractivity contribution < 1.29 is 5.11 Å². The standard InChI is InChI=1S/C19H21NO/c21-19-17-8-4-3-6-15(17)9-10-18(19)20-12-11-14-5-1-2-7-16(14)13-20/h1-8,18-19,21H,9-13H2. The summed E-state index contributed by atoms with van der Waals surface area (Å²) in [6.07, 6.45) is 2.89. The van der Waals surface area contributed by atoms with Crippen molar-refractivity contribution in [2.45, 2.75) is 38.0 Å². The van der Waals surface area contributed by atoms with Gasteiger partial charge < -0.3 is 5.11 Å². The lowest BCUT2D eigenvalue weighted by molar-refractivity contribution is 0.0285. The van der Waals surface area contributed by atoms with Crippen LogP contribution in [0.4, 0.5) is 0 Å². The molecule has 1 N–H and O–H groups in total. The summed E-state index contributed by atoms with van der Waals surface area (Å²) in [6.45, 7) is 2.03. The molecule has 2 aromatic carbocycles. The van der Waals surface area contributed by atoms with E-state index in [9.17, 15) is 5.11 Å². The monoisotopic (exact) mass is 279 g/mol. The summed E-state index contributed by atoms with van der Waals surface area (Å²) in [7, 11) is 0. The highest BCUT2D eigenvalue weighted by molar-refractivity contribution is 5.34. The quantitative estimate of drug-likeness (QED) is 0.867. The Morgan fingerprint density at radius 3 is 2.43 bits per heavy atom. The number of aliphatic hydroxyl groups excluding tert-OH is 1. The third kappa shape index (κ3) is 2.29. The molecule has 0 amide bonds. The molecule has 108 valence electrons. The van der Waals surface area contributed by atoms with E-state index in [2.05, 4.69) is 47.4 Å². The zero-order valence-electron chi connectivity index (χ0n) is 12.2.